The molecule has 1 aliphatic rings. The molecule has 5 nitrogen and oxygen atoms in total. The third-order valence-corrected chi connectivity index (χ3v) is 4.23. The summed E-state index contributed by atoms with van der Waals surface area (Å²) in [7, 11) is 1.30. The van der Waals surface area contributed by atoms with Crippen molar-refractivity contribution in [1.29, 1.82) is 0 Å². The molecule has 1 unspecified atom stereocenters. The van der Waals surface area contributed by atoms with E-state index in [2.05, 4.69) is 11.9 Å². The Balaban J connectivity index is 3.37. The predicted molar refractivity (Wildman–Crippen MR) is 90.7 cm³/mol. The number of esters is 1. The molecule has 1 aliphatic carbocycles. The Hall–Kier alpha value is -1.65. The van der Waals surface area contributed by atoms with Crippen LogP contribution in [0.25, 0.3) is 0 Å². The maximum atomic E-state index is 12.5. The number of ketones is 1. The number of rotatable bonds is 7. The molecule has 23 heavy (non-hydrogen) atoms. The predicted octanol–water partition coefficient (Wildman–Crippen LogP) is 3.63. The zero-order chi connectivity index (χ0) is 17.6. The normalized spacial score (nSPS) is 22.3. The van der Waals surface area contributed by atoms with Crippen LogP contribution < -0.4 is 0 Å². The number of aliphatic imine (C=N–C) groups is 1. The number of allylic oxidation sites excluding steroid dienone is 1. The van der Waals surface area contributed by atoms with Crippen molar-refractivity contribution < 1.29 is 19.4 Å². The van der Waals surface area contributed by atoms with Gasteiger partial charge in [-0.1, -0.05) is 34.1 Å². The van der Waals surface area contributed by atoms with Crippen LogP contribution in [0.3, 0.4) is 0 Å². The molecule has 0 bridgehead atoms. The van der Waals surface area contributed by atoms with Crippen LogP contribution in [0.2, 0.25) is 0 Å². The SMILES string of the molecule is CCCCN=C1CC(C)(C)C(C(=O)OC)C(O)=C1C(=O)CCC. The quantitative estimate of drug-likeness (QED) is 0.573. The molecule has 0 aromatic carbocycles. The summed E-state index contributed by atoms with van der Waals surface area (Å²) >= 11 is 0. The number of hydrogen-bond donors (Lipinski definition) is 1. The molecular weight excluding hydrogens is 294 g/mol. The van der Waals surface area contributed by atoms with Crippen molar-refractivity contribution in [1.82, 2.24) is 0 Å². The molecule has 0 amide bonds. The Bertz CT molecular complexity index is 517. The standard InChI is InChI=1S/C18H29NO4/c1-6-8-10-19-12-11-18(3,4)15(17(22)23-5)16(21)14(12)13(20)9-7-2/h15,21H,6-11H2,1-5H3. The van der Waals surface area contributed by atoms with Crippen molar-refractivity contribution in [2.24, 2.45) is 16.3 Å². The lowest BCUT2D eigenvalue weighted by Crippen LogP contribution is -2.42. The number of carbonyl (C=O) groups is 2. The van der Waals surface area contributed by atoms with Crippen LogP contribution in [0.1, 0.15) is 59.8 Å². The molecular formula is C18H29NO4. The van der Waals surface area contributed by atoms with Crippen molar-refractivity contribution in [3.63, 3.8) is 0 Å². The van der Waals surface area contributed by atoms with E-state index < -0.39 is 17.3 Å². The van der Waals surface area contributed by atoms with Crippen LogP contribution >= 0.6 is 0 Å². The molecule has 0 saturated carbocycles. The van der Waals surface area contributed by atoms with E-state index in [1.165, 1.54) is 7.11 Å². The summed E-state index contributed by atoms with van der Waals surface area (Å²) in [6.45, 7) is 8.39. The summed E-state index contributed by atoms with van der Waals surface area (Å²) in [5.41, 5.74) is 0.315. The van der Waals surface area contributed by atoms with Gasteiger partial charge in [-0.15, -0.1) is 0 Å². The Kier molecular flexibility index (Phi) is 6.98. The lowest BCUT2D eigenvalue weighted by atomic mass is 9.67. The van der Waals surface area contributed by atoms with Gasteiger partial charge in [0.25, 0.3) is 0 Å². The maximum absolute atomic E-state index is 12.5. The second-order valence-electron chi connectivity index (χ2n) is 6.74. The summed E-state index contributed by atoms with van der Waals surface area (Å²) < 4.78 is 4.83. The summed E-state index contributed by atoms with van der Waals surface area (Å²) in [6.07, 6.45) is 3.44. The van der Waals surface area contributed by atoms with E-state index >= 15 is 0 Å². The van der Waals surface area contributed by atoms with E-state index in [1.54, 1.807) is 0 Å². The number of aliphatic hydroxyl groups is 1. The minimum absolute atomic E-state index is 0.148. The fourth-order valence-electron chi connectivity index (χ4n) is 3.00. The number of unbranched alkanes of at least 4 members (excludes halogenated alkanes) is 1. The lowest BCUT2D eigenvalue weighted by molar-refractivity contribution is -0.149. The van der Waals surface area contributed by atoms with E-state index in [0.717, 1.165) is 12.8 Å². The van der Waals surface area contributed by atoms with E-state index in [0.29, 0.717) is 31.5 Å². The molecule has 1 atom stereocenters. The van der Waals surface area contributed by atoms with Crippen LogP contribution in [0.15, 0.2) is 16.3 Å². The first kappa shape index (κ1) is 19.4. The van der Waals surface area contributed by atoms with Gasteiger partial charge in [-0.3, -0.25) is 14.6 Å². The van der Waals surface area contributed by atoms with Crippen molar-refractivity contribution in [2.45, 2.75) is 59.8 Å². The van der Waals surface area contributed by atoms with Gasteiger partial charge in [-0.25, -0.2) is 0 Å². The number of Topliss-reactive ketones (excluding diaryl/α,β-unsaturated/α-hetero) is 1. The Morgan fingerprint density at radius 1 is 1.30 bits per heavy atom. The molecule has 5 heteroatoms. The number of methoxy groups -OCH3 is 1. The highest BCUT2D eigenvalue weighted by molar-refractivity contribution is 6.24. The van der Waals surface area contributed by atoms with E-state index in [1.807, 2.05) is 20.8 Å². The first-order valence-electron chi connectivity index (χ1n) is 8.37. The highest BCUT2D eigenvalue weighted by Crippen LogP contribution is 2.43. The minimum Gasteiger partial charge on any atom is -0.511 e. The molecule has 0 spiro atoms. The zero-order valence-electron chi connectivity index (χ0n) is 14.9. The Morgan fingerprint density at radius 2 is 1.96 bits per heavy atom. The monoisotopic (exact) mass is 323 g/mol. The summed E-state index contributed by atoms with van der Waals surface area (Å²) in [4.78, 5) is 29.1. The van der Waals surface area contributed by atoms with E-state index in [9.17, 15) is 14.7 Å². The van der Waals surface area contributed by atoms with Gasteiger partial charge in [0.1, 0.15) is 11.7 Å². The van der Waals surface area contributed by atoms with E-state index in [4.69, 9.17) is 4.74 Å². The first-order valence-corrected chi connectivity index (χ1v) is 8.37. The fourth-order valence-corrected chi connectivity index (χ4v) is 3.00. The third-order valence-electron chi connectivity index (χ3n) is 4.23. The van der Waals surface area contributed by atoms with Gasteiger partial charge in [-0.2, -0.15) is 0 Å². The summed E-state index contributed by atoms with van der Waals surface area (Å²) in [5, 5.41) is 10.7. The molecule has 0 aromatic rings. The summed E-state index contributed by atoms with van der Waals surface area (Å²) in [6, 6.07) is 0. The molecule has 1 rings (SSSR count). The van der Waals surface area contributed by atoms with Crippen LogP contribution in [0, 0.1) is 11.3 Å². The maximum Gasteiger partial charge on any atom is 0.316 e. The smallest absolute Gasteiger partial charge is 0.316 e. The second kappa shape index (κ2) is 8.27. The van der Waals surface area contributed by atoms with Crippen LogP contribution in [0.4, 0.5) is 0 Å². The molecule has 130 valence electrons. The van der Waals surface area contributed by atoms with Gasteiger partial charge in [0.15, 0.2) is 5.78 Å². The number of ether oxygens (including phenoxy) is 1. The van der Waals surface area contributed by atoms with Crippen molar-refractivity contribution >= 4 is 17.5 Å². The molecule has 0 fully saturated rings. The highest BCUT2D eigenvalue weighted by Gasteiger charge is 2.47. The largest absolute Gasteiger partial charge is 0.511 e. The molecule has 0 radical (unpaired) electrons. The zero-order valence-corrected chi connectivity index (χ0v) is 14.9. The van der Waals surface area contributed by atoms with Gasteiger partial charge in [0, 0.05) is 18.7 Å². The number of carbonyl (C=O) groups excluding carboxylic acids is 2. The van der Waals surface area contributed by atoms with Gasteiger partial charge in [-0.05, 0) is 24.7 Å². The summed E-state index contributed by atoms with van der Waals surface area (Å²) in [5.74, 6) is -1.67. The van der Waals surface area contributed by atoms with Crippen LogP contribution in [-0.2, 0) is 14.3 Å². The Morgan fingerprint density at radius 3 is 2.48 bits per heavy atom. The van der Waals surface area contributed by atoms with Gasteiger partial charge >= 0.3 is 5.97 Å². The van der Waals surface area contributed by atoms with E-state index in [-0.39, 0.29) is 17.1 Å². The minimum atomic E-state index is -0.826. The first-order chi connectivity index (χ1) is 10.8. The third kappa shape index (κ3) is 4.43. The average molecular weight is 323 g/mol. The highest BCUT2D eigenvalue weighted by atomic mass is 16.5. The van der Waals surface area contributed by atoms with Gasteiger partial charge in [0.05, 0.1) is 12.7 Å². The average Bonchev–Trinajstić information content (AvgIpc) is 2.46. The molecule has 0 aliphatic heterocycles. The second-order valence-corrected chi connectivity index (χ2v) is 6.74. The lowest BCUT2D eigenvalue weighted by Gasteiger charge is -2.37. The molecule has 0 heterocycles. The van der Waals surface area contributed by atoms with Gasteiger partial charge in [0.2, 0.25) is 0 Å². The number of nitrogens with zero attached hydrogens (tertiary/aromatic N) is 1. The van der Waals surface area contributed by atoms with Crippen molar-refractivity contribution in [2.75, 3.05) is 13.7 Å². The van der Waals surface area contributed by atoms with Crippen molar-refractivity contribution in [3.8, 4) is 0 Å². The topological polar surface area (TPSA) is 76.0 Å². The fraction of sp³-hybridized carbons (Fsp3) is 0.722. The molecule has 0 saturated heterocycles. The van der Waals surface area contributed by atoms with Crippen LogP contribution in [-0.4, -0.2) is 36.2 Å². The van der Waals surface area contributed by atoms with Gasteiger partial charge < -0.3 is 9.84 Å². The number of aliphatic hydroxyl groups excluding tert-OH is 1. The Labute approximate surface area is 138 Å². The van der Waals surface area contributed by atoms with Crippen molar-refractivity contribution in [3.05, 3.63) is 11.3 Å². The number of hydrogen-bond acceptors (Lipinski definition) is 5. The molecule has 1 N–H and O–H groups in total. The molecule has 0 aromatic heterocycles. The van der Waals surface area contributed by atoms with Crippen LogP contribution in [0.5, 0.6) is 0 Å².